The van der Waals surface area contributed by atoms with Gasteiger partial charge in [0.15, 0.2) is 11.5 Å². The summed E-state index contributed by atoms with van der Waals surface area (Å²) in [7, 11) is 4.42. The van der Waals surface area contributed by atoms with Gasteiger partial charge < -0.3 is 24.0 Å². The Hall–Kier alpha value is -4.40. The first kappa shape index (κ1) is 33.5. The number of methoxy groups -OCH3 is 3. The molecule has 2 amide bonds. The van der Waals surface area contributed by atoms with Crippen LogP contribution in [0.1, 0.15) is 66.4 Å². The monoisotopic (exact) mass is 615 g/mol. The van der Waals surface area contributed by atoms with Gasteiger partial charge in [-0.3, -0.25) is 19.4 Å². The number of carbonyl (C=O) groups excluding carboxylic acids is 3. The minimum Gasteiger partial charge on any atom is -0.493 e. The molecule has 9 heteroatoms. The van der Waals surface area contributed by atoms with E-state index in [0.29, 0.717) is 49.7 Å². The molecular formula is C36H45N3O6. The van der Waals surface area contributed by atoms with Crippen LogP contribution in [0.4, 0.5) is 0 Å². The van der Waals surface area contributed by atoms with Gasteiger partial charge in [-0.2, -0.15) is 0 Å². The maximum absolute atomic E-state index is 13.6. The van der Waals surface area contributed by atoms with Gasteiger partial charge in [0.2, 0.25) is 11.7 Å². The fourth-order valence-corrected chi connectivity index (χ4v) is 5.98. The molecule has 0 unspecified atom stereocenters. The van der Waals surface area contributed by atoms with Crippen LogP contribution in [0.3, 0.4) is 0 Å². The quantitative estimate of drug-likeness (QED) is 0.154. The molecule has 240 valence electrons. The van der Waals surface area contributed by atoms with Crippen molar-refractivity contribution >= 4 is 17.6 Å². The van der Waals surface area contributed by atoms with Gasteiger partial charge in [-0.15, -0.1) is 0 Å². The number of aromatic nitrogens is 1. The molecule has 3 aromatic rings. The van der Waals surface area contributed by atoms with E-state index in [1.54, 1.807) is 11.1 Å². The van der Waals surface area contributed by atoms with E-state index in [2.05, 4.69) is 23.2 Å². The second kappa shape index (κ2) is 17.2. The van der Waals surface area contributed by atoms with Crippen LogP contribution in [-0.2, 0) is 22.4 Å². The number of rotatable bonds is 16. The van der Waals surface area contributed by atoms with Crippen molar-refractivity contribution < 1.29 is 28.6 Å². The number of nitrogens with zero attached hydrogens (tertiary/aromatic N) is 3. The normalized spacial score (nSPS) is 14.5. The summed E-state index contributed by atoms with van der Waals surface area (Å²) in [4.78, 5) is 48.4. The van der Waals surface area contributed by atoms with Crippen LogP contribution >= 0.6 is 0 Å². The molecule has 9 nitrogen and oxygen atoms in total. The molecular weight excluding hydrogens is 570 g/mol. The van der Waals surface area contributed by atoms with Crippen LogP contribution in [0.25, 0.3) is 0 Å². The highest BCUT2D eigenvalue weighted by atomic mass is 16.5. The number of piperidine rings is 1. The van der Waals surface area contributed by atoms with Crippen LogP contribution in [0, 0.1) is 0 Å². The van der Waals surface area contributed by atoms with Crippen molar-refractivity contribution in [3.8, 4) is 17.2 Å². The summed E-state index contributed by atoms with van der Waals surface area (Å²) in [6.45, 7) is 1.82. The molecule has 1 aromatic heterocycles. The zero-order valence-corrected chi connectivity index (χ0v) is 26.7. The third kappa shape index (κ3) is 9.30. The molecule has 0 N–H and O–H groups in total. The lowest BCUT2D eigenvalue weighted by atomic mass is 9.96. The Kier molecular flexibility index (Phi) is 12.8. The number of benzene rings is 2. The smallest absolute Gasteiger partial charge is 0.295 e. The van der Waals surface area contributed by atoms with Gasteiger partial charge >= 0.3 is 0 Å². The molecule has 0 spiro atoms. The third-order valence-electron chi connectivity index (χ3n) is 8.41. The van der Waals surface area contributed by atoms with E-state index in [-0.39, 0.29) is 17.5 Å². The zero-order chi connectivity index (χ0) is 32.0. The fourth-order valence-electron chi connectivity index (χ4n) is 5.98. The van der Waals surface area contributed by atoms with E-state index < -0.39 is 11.7 Å². The summed E-state index contributed by atoms with van der Waals surface area (Å²) < 4.78 is 16.1. The van der Waals surface area contributed by atoms with E-state index in [1.807, 2.05) is 35.4 Å². The molecule has 1 aliphatic heterocycles. The number of Topliss-reactive ketones (excluding diaryl/α,β-unsaturated/α-hetero) is 1. The molecule has 0 radical (unpaired) electrons. The lowest BCUT2D eigenvalue weighted by Crippen LogP contribution is -2.47. The lowest BCUT2D eigenvalue weighted by molar-refractivity contribution is -0.134. The number of aryl methyl sites for hydroxylation is 2. The predicted octanol–water partition coefficient (Wildman–Crippen LogP) is 5.55. The average molecular weight is 616 g/mol. The Labute approximate surface area is 266 Å². The Morgan fingerprint density at radius 1 is 0.867 bits per heavy atom. The Morgan fingerprint density at radius 2 is 1.53 bits per heavy atom. The van der Waals surface area contributed by atoms with Gasteiger partial charge in [0, 0.05) is 50.1 Å². The number of amides is 2. The molecule has 2 heterocycles. The molecule has 2 aromatic carbocycles. The van der Waals surface area contributed by atoms with Gasteiger partial charge in [-0.05, 0) is 80.7 Å². The molecule has 45 heavy (non-hydrogen) atoms. The van der Waals surface area contributed by atoms with Crippen molar-refractivity contribution in [2.24, 2.45) is 0 Å². The first-order chi connectivity index (χ1) is 21.9. The number of ether oxygens (including phenoxy) is 3. The standard InChI is InChI=1S/C36H45N3O6/c1-43-31-24-29(25-32(44-2)35(31)45-3)34(41)36(42)39-23-8-7-17-30(39)18-19-33(40)38(21-10-15-27-12-5-4-6-13-27)22-11-16-28-14-9-20-37-26-28/h4-6,9,12-14,20,24-26,30H,7-8,10-11,15-19,21-23H2,1-3H3/t30-/m0/s1. The van der Waals surface area contributed by atoms with Crippen molar-refractivity contribution in [2.75, 3.05) is 41.0 Å². The van der Waals surface area contributed by atoms with Gasteiger partial charge in [0.25, 0.3) is 11.7 Å². The summed E-state index contributed by atoms with van der Waals surface area (Å²) in [5.74, 6) is -0.146. The van der Waals surface area contributed by atoms with E-state index in [0.717, 1.165) is 50.5 Å². The highest BCUT2D eigenvalue weighted by Crippen LogP contribution is 2.38. The molecule has 1 saturated heterocycles. The number of pyridine rings is 1. The molecule has 1 atom stereocenters. The Morgan fingerprint density at radius 3 is 2.16 bits per heavy atom. The van der Waals surface area contributed by atoms with Gasteiger partial charge in [0.05, 0.1) is 21.3 Å². The minimum atomic E-state index is -0.634. The van der Waals surface area contributed by atoms with Crippen LogP contribution in [0.15, 0.2) is 67.0 Å². The second-order valence-electron chi connectivity index (χ2n) is 11.4. The fraction of sp³-hybridized carbons (Fsp3) is 0.444. The van der Waals surface area contributed by atoms with Crippen molar-refractivity contribution in [1.29, 1.82) is 0 Å². The molecule has 0 bridgehead atoms. The number of hydrogen-bond donors (Lipinski definition) is 0. The largest absolute Gasteiger partial charge is 0.493 e. The number of hydrogen-bond acceptors (Lipinski definition) is 7. The summed E-state index contributed by atoms with van der Waals surface area (Å²) in [6.07, 6.45) is 10.5. The lowest BCUT2D eigenvalue weighted by Gasteiger charge is -2.35. The topological polar surface area (TPSA) is 98.3 Å². The summed E-state index contributed by atoms with van der Waals surface area (Å²) in [5, 5.41) is 0. The number of ketones is 1. The number of carbonyl (C=O) groups is 3. The van der Waals surface area contributed by atoms with Crippen molar-refractivity contribution in [3.63, 3.8) is 0 Å². The molecule has 4 rings (SSSR count). The van der Waals surface area contributed by atoms with Crippen LogP contribution in [0.2, 0.25) is 0 Å². The summed E-state index contributed by atoms with van der Waals surface area (Å²) >= 11 is 0. The van der Waals surface area contributed by atoms with Crippen molar-refractivity contribution in [3.05, 3.63) is 83.7 Å². The van der Waals surface area contributed by atoms with E-state index >= 15 is 0 Å². The highest BCUT2D eigenvalue weighted by molar-refractivity contribution is 6.43. The van der Waals surface area contributed by atoms with E-state index in [4.69, 9.17) is 14.2 Å². The van der Waals surface area contributed by atoms with Crippen LogP contribution in [-0.4, -0.2) is 79.4 Å². The van der Waals surface area contributed by atoms with E-state index in [9.17, 15) is 14.4 Å². The van der Waals surface area contributed by atoms with E-state index in [1.165, 1.54) is 39.0 Å². The maximum atomic E-state index is 13.6. The zero-order valence-electron chi connectivity index (χ0n) is 26.7. The number of likely N-dealkylation sites (tertiary alicyclic amines) is 1. The minimum absolute atomic E-state index is 0.0863. The first-order valence-electron chi connectivity index (χ1n) is 15.8. The van der Waals surface area contributed by atoms with Gasteiger partial charge in [0.1, 0.15) is 0 Å². The third-order valence-corrected chi connectivity index (χ3v) is 8.41. The van der Waals surface area contributed by atoms with Gasteiger partial charge in [-0.25, -0.2) is 0 Å². The predicted molar refractivity (Wildman–Crippen MR) is 173 cm³/mol. The molecule has 1 fully saturated rings. The first-order valence-corrected chi connectivity index (χ1v) is 15.8. The van der Waals surface area contributed by atoms with Crippen molar-refractivity contribution in [1.82, 2.24) is 14.8 Å². The Balaban J connectivity index is 1.40. The second-order valence-corrected chi connectivity index (χ2v) is 11.4. The highest BCUT2D eigenvalue weighted by Gasteiger charge is 2.33. The molecule has 0 aliphatic carbocycles. The molecule has 1 aliphatic rings. The summed E-state index contributed by atoms with van der Waals surface area (Å²) in [5.41, 5.74) is 2.59. The maximum Gasteiger partial charge on any atom is 0.295 e. The average Bonchev–Trinajstić information content (AvgIpc) is 3.09. The van der Waals surface area contributed by atoms with Crippen LogP contribution in [0.5, 0.6) is 17.2 Å². The van der Waals surface area contributed by atoms with Gasteiger partial charge in [-0.1, -0.05) is 36.4 Å². The SMILES string of the molecule is COc1cc(C(=O)C(=O)N2CCCC[C@H]2CCC(=O)N(CCCc2ccccc2)CCCc2cccnc2)cc(OC)c1OC. The van der Waals surface area contributed by atoms with Crippen molar-refractivity contribution in [2.45, 2.75) is 63.8 Å². The summed E-state index contributed by atoms with van der Waals surface area (Å²) in [6, 6.07) is 17.1. The Bertz CT molecular complexity index is 1330. The van der Waals surface area contributed by atoms with Crippen LogP contribution < -0.4 is 14.2 Å². The molecule has 0 saturated carbocycles.